The van der Waals surface area contributed by atoms with E-state index in [1.165, 1.54) is 16.7 Å². The van der Waals surface area contributed by atoms with Crippen LogP contribution >= 0.6 is 11.6 Å². The number of hydrogen-bond donors (Lipinski definition) is 0. The van der Waals surface area contributed by atoms with Crippen molar-refractivity contribution in [1.29, 1.82) is 0 Å². The fourth-order valence-corrected chi connectivity index (χ4v) is 2.77. The van der Waals surface area contributed by atoms with E-state index in [4.69, 9.17) is 11.6 Å². The Labute approximate surface area is 128 Å². The van der Waals surface area contributed by atoms with Gasteiger partial charge < -0.3 is 0 Å². The molecule has 0 bridgehead atoms. The zero-order valence-corrected chi connectivity index (χ0v) is 13.4. The van der Waals surface area contributed by atoms with Gasteiger partial charge in [0.2, 0.25) is 0 Å². The Morgan fingerprint density at radius 1 is 1.10 bits per heavy atom. The molecule has 1 aromatic carbocycles. The van der Waals surface area contributed by atoms with Crippen molar-refractivity contribution in [3.63, 3.8) is 0 Å². The van der Waals surface area contributed by atoms with Crippen LogP contribution in [-0.2, 0) is 6.42 Å². The third kappa shape index (κ3) is 2.40. The van der Waals surface area contributed by atoms with Gasteiger partial charge in [0.1, 0.15) is 5.82 Å². The Kier molecular flexibility index (Phi) is 3.41. The van der Waals surface area contributed by atoms with Gasteiger partial charge in [-0.15, -0.1) is 10.2 Å². The first-order chi connectivity index (χ1) is 9.97. The number of hydrogen-bond acceptors (Lipinski definition) is 3. The highest BCUT2D eigenvalue weighted by atomic mass is 35.5. The molecule has 0 spiro atoms. The largest absolute Gasteiger partial charge is 0.279 e. The monoisotopic (exact) mass is 300 g/mol. The molecule has 3 aromatic rings. The molecule has 0 aliphatic carbocycles. The minimum absolute atomic E-state index is 0.401. The van der Waals surface area contributed by atoms with Gasteiger partial charge in [-0.1, -0.05) is 35.4 Å². The van der Waals surface area contributed by atoms with Crippen LogP contribution in [0.3, 0.4) is 0 Å². The summed E-state index contributed by atoms with van der Waals surface area (Å²) in [5.41, 5.74) is 6.31. The lowest BCUT2D eigenvalue weighted by Gasteiger charge is -2.09. The molecule has 0 aliphatic heterocycles. The summed E-state index contributed by atoms with van der Waals surface area (Å²) in [4.78, 5) is 4.30. The number of rotatable bonds is 2. The van der Waals surface area contributed by atoms with E-state index in [1.807, 2.05) is 18.2 Å². The van der Waals surface area contributed by atoms with Crippen LogP contribution in [0, 0.1) is 27.7 Å². The molecule has 0 radical (unpaired) electrons. The van der Waals surface area contributed by atoms with Crippen LogP contribution in [0.2, 0.25) is 5.15 Å². The van der Waals surface area contributed by atoms with Crippen LogP contribution in [0.25, 0.3) is 5.65 Å². The number of nitrogens with zero attached hydrogens (tertiary/aromatic N) is 4. The van der Waals surface area contributed by atoms with E-state index in [0.717, 1.165) is 23.6 Å². The lowest BCUT2D eigenvalue weighted by Crippen LogP contribution is -2.04. The average Bonchev–Trinajstić information content (AvgIpc) is 2.85. The number of aryl methyl sites for hydroxylation is 4. The van der Waals surface area contributed by atoms with Crippen molar-refractivity contribution in [2.45, 2.75) is 34.1 Å². The maximum atomic E-state index is 6.17. The minimum atomic E-state index is 0.401. The first-order valence-electron chi connectivity index (χ1n) is 6.90. The second kappa shape index (κ2) is 5.11. The molecule has 0 N–H and O–H groups in total. The first-order valence-corrected chi connectivity index (χ1v) is 7.28. The highest BCUT2D eigenvalue weighted by Gasteiger charge is 2.15. The molecule has 0 fully saturated rings. The van der Waals surface area contributed by atoms with E-state index in [0.29, 0.717) is 10.8 Å². The fraction of sp³-hybridized carbons (Fsp3) is 0.312. The molecule has 0 atom stereocenters. The Bertz CT molecular complexity index is 836. The van der Waals surface area contributed by atoms with Gasteiger partial charge in [-0.2, -0.15) is 0 Å². The van der Waals surface area contributed by atoms with Gasteiger partial charge in [0.05, 0.1) is 5.69 Å². The molecule has 4 nitrogen and oxygen atoms in total. The van der Waals surface area contributed by atoms with Gasteiger partial charge in [0, 0.05) is 12.1 Å². The molecule has 0 unspecified atom stereocenters. The Hall–Kier alpha value is -1.94. The summed E-state index contributed by atoms with van der Waals surface area (Å²) < 4.78 is 2.01. The van der Waals surface area contributed by atoms with Crippen LogP contribution in [0.15, 0.2) is 18.2 Å². The molecule has 108 valence electrons. The van der Waals surface area contributed by atoms with Gasteiger partial charge in [0.15, 0.2) is 10.8 Å². The van der Waals surface area contributed by atoms with Crippen LogP contribution in [-0.4, -0.2) is 19.6 Å². The molecule has 21 heavy (non-hydrogen) atoms. The highest BCUT2D eigenvalue weighted by molar-refractivity contribution is 6.32. The molecule has 5 heteroatoms. The maximum Gasteiger partial charge on any atom is 0.198 e. The Morgan fingerprint density at radius 3 is 2.62 bits per heavy atom. The topological polar surface area (TPSA) is 43.1 Å². The van der Waals surface area contributed by atoms with Crippen molar-refractivity contribution in [3.05, 3.63) is 57.3 Å². The molecule has 0 aliphatic rings. The van der Waals surface area contributed by atoms with E-state index in [2.05, 4.69) is 47.2 Å². The quantitative estimate of drug-likeness (QED) is 0.726. The highest BCUT2D eigenvalue weighted by Crippen LogP contribution is 2.21. The van der Waals surface area contributed by atoms with Crippen molar-refractivity contribution >= 4 is 17.2 Å². The lowest BCUT2D eigenvalue weighted by molar-refractivity contribution is 0.891. The maximum absolute atomic E-state index is 6.17. The molecule has 2 heterocycles. The second-order valence-corrected chi connectivity index (χ2v) is 5.81. The molecular weight excluding hydrogens is 284 g/mol. The summed E-state index contributed by atoms with van der Waals surface area (Å²) in [5.74, 6) is 0.892. The third-order valence-electron chi connectivity index (χ3n) is 3.89. The predicted octanol–water partition coefficient (Wildman–Crippen LogP) is 3.60. The molecule has 0 amide bonds. The van der Waals surface area contributed by atoms with Gasteiger partial charge in [0.25, 0.3) is 0 Å². The molecule has 2 aromatic heterocycles. The van der Waals surface area contributed by atoms with Gasteiger partial charge >= 0.3 is 0 Å². The van der Waals surface area contributed by atoms with E-state index >= 15 is 0 Å². The average molecular weight is 301 g/mol. The summed E-state index contributed by atoms with van der Waals surface area (Å²) in [6.07, 6.45) is 0.731. The molecule has 0 saturated heterocycles. The van der Waals surface area contributed by atoms with Crippen LogP contribution in [0.4, 0.5) is 0 Å². The first kappa shape index (κ1) is 14.0. The van der Waals surface area contributed by atoms with Crippen LogP contribution < -0.4 is 0 Å². The van der Waals surface area contributed by atoms with Crippen LogP contribution in [0.5, 0.6) is 0 Å². The van der Waals surface area contributed by atoms with Crippen molar-refractivity contribution in [2.75, 3.05) is 0 Å². The summed E-state index contributed by atoms with van der Waals surface area (Å²) in [7, 11) is 0. The Morgan fingerprint density at radius 2 is 1.86 bits per heavy atom. The van der Waals surface area contributed by atoms with Crippen molar-refractivity contribution in [3.8, 4) is 0 Å². The second-order valence-electron chi connectivity index (χ2n) is 5.46. The minimum Gasteiger partial charge on any atom is -0.279 e. The SMILES string of the molecule is Cc1ccc(C)c(Cc2nnc3c(Cl)nc(C)c(C)n23)c1. The van der Waals surface area contributed by atoms with Gasteiger partial charge in [-0.3, -0.25) is 4.40 Å². The van der Waals surface area contributed by atoms with E-state index in [9.17, 15) is 0 Å². The van der Waals surface area contributed by atoms with Crippen molar-refractivity contribution < 1.29 is 0 Å². The number of fused-ring (bicyclic) bond motifs is 1. The van der Waals surface area contributed by atoms with Gasteiger partial charge in [-0.05, 0) is 38.8 Å². The number of benzene rings is 1. The van der Waals surface area contributed by atoms with Gasteiger partial charge in [-0.25, -0.2) is 4.98 Å². The third-order valence-corrected chi connectivity index (χ3v) is 4.15. The van der Waals surface area contributed by atoms with E-state index < -0.39 is 0 Å². The summed E-state index contributed by atoms with van der Waals surface area (Å²) in [5, 5.41) is 8.90. The van der Waals surface area contributed by atoms with Crippen molar-refractivity contribution in [1.82, 2.24) is 19.6 Å². The lowest BCUT2D eigenvalue weighted by atomic mass is 10.0. The molecular formula is C16H17ClN4. The summed E-state index contributed by atoms with van der Waals surface area (Å²) in [6.45, 7) is 8.18. The summed E-state index contributed by atoms with van der Waals surface area (Å²) in [6, 6.07) is 6.46. The normalized spacial score (nSPS) is 11.3. The van der Waals surface area contributed by atoms with Crippen LogP contribution in [0.1, 0.15) is 33.9 Å². The van der Waals surface area contributed by atoms with E-state index in [-0.39, 0.29) is 0 Å². The van der Waals surface area contributed by atoms with Crippen molar-refractivity contribution in [2.24, 2.45) is 0 Å². The molecule has 0 saturated carbocycles. The van der Waals surface area contributed by atoms with E-state index in [1.54, 1.807) is 0 Å². The summed E-state index contributed by atoms with van der Waals surface area (Å²) >= 11 is 6.17. The zero-order valence-electron chi connectivity index (χ0n) is 12.6. The smallest absolute Gasteiger partial charge is 0.198 e. The standard InChI is InChI=1S/C16H17ClN4/c1-9-5-6-10(2)13(7-9)8-14-19-20-16-15(17)18-11(3)12(4)21(14)16/h5-7H,8H2,1-4H3. The Balaban J connectivity index is 2.16. The molecule has 3 rings (SSSR count). The zero-order chi connectivity index (χ0) is 15.1. The fourth-order valence-electron chi connectivity index (χ4n) is 2.52. The number of halogens is 1. The number of aromatic nitrogens is 4. The predicted molar refractivity (Wildman–Crippen MR) is 84.0 cm³/mol.